The van der Waals surface area contributed by atoms with Crippen LogP contribution in [-0.4, -0.2) is 39.5 Å². The van der Waals surface area contributed by atoms with E-state index in [0.29, 0.717) is 6.54 Å². The molecule has 2 N–H and O–H groups in total. The summed E-state index contributed by atoms with van der Waals surface area (Å²) < 4.78 is 0. The number of nitrogens with one attached hydrogen (secondary N) is 2. The van der Waals surface area contributed by atoms with E-state index in [1.54, 1.807) is 0 Å². The second-order valence-electron chi connectivity index (χ2n) is 4.59. The molecule has 0 aromatic carbocycles. The second kappa shape index (κ2) is 4.80. The van der Waals surface area contributed by atoms with E-state index in [1.807, 2.05) is 20.8 Å². The summed E-state index contributed by atoms with van der Waals surface area (Å²) in [5.74, 6) is -0.236. The lowest BCUT2D eigenvalue weighted by Gasteiger charge is -2.15. The lowest BCUT2D eigenvalue weighted by atomic mass is 10.2. The van der Waals surface area contributed by atoms with Gasteiger partial charge in [0.25, 0.3) is 5.91 Å². The van der Waals surface area contributed by atoms with Gasteiger partial charge in [-0.25, -0.2) is 0 Å². The molecule has 0 spiro atoms. The highest BCUT2D eigenvalue weighted by Gasteiger charge is 2.38. The number of amides is 2. The van der Waals surface area contributed by atoms with E-state index in [-0.39, 0.29) is 18.2 Å². The normalized spacial score (nSPS) is 19.7. The SMILES string of the molecule is CCCN1C(=O)CC(Nc2c(C)n[nH]c2C)C1=O. The molecule has 0 radical (unpaired) electrons. The Morgan fingerprint density at radius 3 is 2.72 bits per heavy atom. The minimum Gasteiger partial charge on any atom is -0.370 e. The van der Waals surface area contributed by atoms with Crippen molar-refractivity contribution in [2.45, 2.75) is 39.7 Å². The van der Waals surface area contributed by atoms with Crippen LogP contribution in [0.25, 0.3) is 0 Å². The fraction of sp³-hybridized carbons (Fsp3) is 0.583. The summed E-state index contributed by atoms with van der Waals surface area (Å²) in [6.07, 6.45) is 1.01. The number of carbonyl (C=O) groups excluding carboxylic acids is 2. The molecular weight excluding hydrogens is 232 g/mol. The van der Waals surface area contributed by atoms with Crippen LogP contribution in [0, 0.1) is 13.8 Å². The van der Waals surface area contributed by atoms with Crippen LogP contribution >= 0.6 is 0 Å². The molecule has 1 aliphatic rings. The summed E-state index contributed by atoms with van der Waals surface area (Å²) in [6.45, 7) is 6.19. The number of anilines is 1. The first-order valence-electron chi connectivity index (χ1n) is 6.17. The van der Waals surface area contributed by atoms with Crippen LogP contribution in [0.4, 0.5) is 5.69 Å². The van der Waals surface area contributed by atoms with Gasteiger partial charge in [-0.1, -0.05) is 6.92 Å². The van der Waals surface area contributed by atoms with E-state index < -0.39 is 6.04 Å². The van der Waals surface area contributed by atoms with Gasteiger partial charge in [0, 0.05) is 6.54 Å². The Balaban J connectivity index is 2.12. The number of imide groups is 1. The molecule has 1 saturated heterocycles. The van der Waals surface area contributed by atoms with Crippen molar-refractivity contribution in [1.82, 2.24) is 15.1 Å². The number of carbonyl (C=O) groups is 2. The van der Waals surface area contributed by atoms with Crippen LogP contribution in [0.3, 0.4) is 0 Å². The molecule has 0 aliphatic carbocycles. The Labute approximate surface area is 106 Å². The van der Waals surface area contributed by atoms with Crippen LogP contribution in [0.2, 0.25) is 0 Å². The smallest absolute Gasteiger partial charge is 0.252 e. The number of aromatic amines is 1. The number of hydrogen-bond donors (Lipinski definition) is 2. The molecule has 2 rings (SSSR count). The van der Waals surface area contributed by atoms with Gasteiger partial charge in [-0.15, -0.1) is 0 Å². The van der Waals surface area contributed by atoms with Crippen molar-refractivity contribution in [3.8, 4) is 0 Å². The van der Waals surface area contributed by atoms with Crippen LogP contribution in [0.15, 0.2) is 0 Å². The average molecular weight is 250 g/mol. The molecule has 1 fully saturated rings. The summed E-state index contributed by atoms with van der Waals surface area (Å²) in [5, 5.41) is 10.0. The Morgan fingerprint density at radius 1 is 1.44 bits per heavy atom. The molecule has 6 nitrogen and oxygen atoms in total. The predicted molar refractivity (Wildman–Crippen MR) is 67.1 cm³/mol. The lowest BCUT2D eigenvalue weighted by molar-refractivity contribution is -0.138. The molecule has 2 amide bonds. The predicted octanol–water partition coefficient (Wildman–Crippen LogP) is 0.976. The Hall–Kier alpha value is -1.85. The zero-order chi connectivity index (χ0) is 13.3. The summed E-state index contributed by atoms with van der Waals surface area (Å²) in [6, 6.07) is -0.459. The monoisotopic (exact) mass is 250 g/mol. The van der Waals surface area contributed by atoms with Gasteiger partial charge in [-0.2, -0.15) is 5.10 Å². The molecule has 1 atom stereocenters. The van der Waals surface area contributed by atoms with Crippen LogP contribution in [-0.2, 0) is 9.59 Å². The van der Waals surface area contributed by atoms with Crippen molar-refractivity contribution in [2.75, 3.05) is 11.9 Å². The maximum Gasteiger partial charge on any atom is 0.252 e. The van der Waals surface area contributed by atoms with Gasteiger partial charge in [-0.05, 0) is 20.3 Å². The Morgan fingerprint density at radius 2 is 2.17 bits per heavy atom. The fourth-order valence-corrected chi connectivity index (χ4v) is 2.19. The molecule has 2 heterocycles. The van der Waals surface area contributed by atoms with E-state index in [1.165, 1.54) is 4.90 Å². The molecule has 0 bridgehead atoms. The van der Waals surface area contributed by atoms with Gasteiger partial charge in [0.2, 0.25) is 5.91 Å². The first-order valence-corrected chi connectivity index (χ1v) is 6.17. The fourth-order valence-electron chi connectivity index (χ4n) is 2.19. The van der Waals surface area contributed by atoms with Crippen molar-refractivity contribution in [3.05, 3.63) is 11.4 Å². The van der Waals surface area contributed by atoms with E-state index in [9.17, 15) is 9.59 Å². The summed E-state index contributed by atoms with van der Waals surface area (Å²) in [4.78, 5) is 25.1. The van der Waals surface area contributed by atoms with Gasteiger partial charge in [0.1, 0.15) is 6.04 Å². The van der Waals surface area contributed by atoms with Gasteiger partial charge in [-0.3, -0.25) is 19.6 Å². The second-order valence-corrected chi connectivity index (χ2v) is 4.59. The number of aryl methyl sites for hydroxylation is 2. The highest BCUT2D eigenvalue weighted by molar-refractivity contribution is 6.06. The van der Waals surface area contributed by atoms with Crippen molar-refractivity contribution in [2.24, 2.45) is 0 Å². The third-order valence-corrected chi connectivity index (χ3v) is 3.14. The maximum atomic E-state index is 12.1. The third kappa shape index (κ3) is 2.10. The Kier molecular flexibility index (Phi) is 3.36. The first kappa shape index (κ1) is 12.6. The summed E-state index contributed by atoms with van der Waals surface area (Å²) >= 11 is 0. The minimum atomic E-state index is -0.459. The quantitative estimate of drug-likeness (QED) is 0.781. The first-order chi connectivity index (χ1) is 8.54. The molecular formula is C12H18N4O2. The van der Waals surface area contributed by atoms with Crippen molar-refractivity contribution in [3.63, 3.8) is 0 Å². The molecule has 1 aromatic rings. The molecule has 18 heavy (non-hydrogen) atoms. The average Bonchev–Trinajstić information content (AvgIpc) is 2.77. The topological polar surface area (TPSA) is 78.1 Å². The number of rotatable bonds is 4. The van der Waals surface area contributed by atoms with Gasteiger partial charge in [0.15, 0.2) is 0 Å². The van der Waals surface area contributed by atoms with Crippen LogP contribution < -0.4 is 5.32 Å². The van der Waals surface area contributed by atoms with Crippen LogP contribution in [0.1, 0.15) is 31.2 Å². The molecule has 1 unspecified atom stereocenters. The van der Waals surface area contributed by atoms with Crippen LogP contribution in [0.5, 0.6) is 0 Å². The molecule has 1 aromatic heterocycles. The lowest BCUT2D eigenvalue weighted by Crippen LogP contribution is -2.35. The number of nitrogens with zero attached hydrogens (tertiary/aromatic N) is 2. The van der Waals surface area contributed by atoms with Gasteiger partial charge >= 0.3 is 0 Å². The summed E-state index contributed by atoms with van der Waals surface area (Å²) in [5.41, 5.74) is 2.50. The van der Waals surface area contributed by atoms with E-state index in [4.69, 9.17) is 0 Å². The number of likely N-dealkylation sites (tertiary alicyclic amines) is 1. The maximum absolute atomic E-state index is 12.1. The van der Waals surface area contributed by atoms with E-state index in [0.717, 1.165) is 23.5 Å². The Bertz CT molecular complexity index is 461. The van der Waals surface area contributed by atoms with Crippen molar-refractivity contribution < 1.29 is 9.59 Å². The number of H-pyrrole nitrogens is 1. The standard InChI is InChI=1S/C12H18N4O2/c1-4-5-16-10(17)6-9(12(16)18)13-11-7(2)14-15-8(11)3/h9,13H,4-6H2,1-3H3,(H,14,15). The largest absolute Gasteiger partial charge is 0.370 e. The minimum absolute atomic E-state index is 0.0989. The van der Waals surface area contributed by atoms with Crippen molar-refractivity contribution >= 4 is 17.5 Å². The van der Waals surface area contributed by atoms with E-state index >= 15 is 0 Å². The van der Waals surface area contributed by atoms with E-state index in [2.05, 4.69) is 15.5 Å². The number of aromatic nitrogens is 2. The number of hydrogen-bond acceptors (Lipinski definition) is 4. The zero-order valence-electron chi connectivity index (χ0n) is 10.9. The zero-order valence-corrected chi connectivity index (χ0v) is 10.9. The van der Waals surface area contributed by atoms with Gasteiger partial charge < -0.3 is 5.32 Å². The molecule has 1 aliphatic heterocycles. The molecule has 98 valence electrons. The highest BCUT2D eigenvalue weighted by atomic mass is 16.2. The summed E-state index contributed by atoms with van der Waals surface area (Å²) in [7, 11) is 0. The molecule has 0 saturated carbocycles. The molecule has 6 heteroatoms. The van der Waals surface area contributed by atoms with Gasteiger partial charge in [0.05, 0.1) is 23.5 Å². The van der Waals surface area contributed by atoms with Crippen molar-refractivity contribution in [1.29, 1.82) is 0 Å². The highest BCUT2D eigenvalue weighted by Crippen LogP contribution is 2.22. The third-order valence-electron chi connectivity index (χ3n) is 3.14.